The van der Waals surface area contributed by atoms with E-state index in [1.807, 2.05) is 38.2 Å². The van der Waals surface area contributed by atoms with Crippen LogP contribution in [0.4, 0.5) is 10.1 Å². The summed E-state index contributed by atoms with van der Waals surface area (Å²) in [7, 11) is 3.36. The van der Waals surface area contributed by atoms with E-state index in [-0.39, 0.29) is 29.2 Å². The molecule has 41 heavy (non-hydrogen) atoms. The SMILES string of the molecule is C/C(=C\c1c(-n2ccc3c(c2=O)CCN3)ccnc1C)C(C)N1CCC(c2c(C)cc(C(=O)N(C)C)cc2F)CC1. The molecule has 0 aliphatic carbocycles. The second kappa shape index (κ2) is 11.6. The topological polar surface area (TPSA) is 70.5 Å². The highest BCUT2D eigenvalue weighted by Gasteiger charge is 2.28. The van der Waals surface area contributed by atoms with Crippen LogP contribution in [0.15, 0.2) is 47.0 Å². The molecule has 2 aromatic heterocycles. The predicted octanol–water partition coefficient (Wildman–Crippen LogP) is 5.33. The second-order valence-corrected chi connectivity index (χ2v) is 11.7. The monoisotopic (exact) mass is 557 g/mol. The van der Waals surface area contributed by atoms with E-state index in [9.17, 15) is 9.59 Å². The summed E-state index contributed by atoms with van der Waals surface area (Å²) in [6.07, 6.45) is 8.21. The average Bonchev–Trinajstić information content (AvgIpc) is 3.43. The molecule has 0 radical (unpaired) electrons. The lowest BCUT2D eigenvalue weighted by molar-refractivity contribution is 0.0827. The van der Waals surface area contributed by atoms with Crippen molar-refractivity contribution in [3.05, 3.63) is 91.9 Å². The molecule has 0 saturated carbocycles. The Morgan fingerprint density at radius 1 is 1.20 bits per heavy atom. The van der Waals surface area contributed by atoms with Crippen molar-refractivity contribution >= 4 is 17.7 Å². The molecule has 1 N–H and O–H groups in total. The maximum Gasteiger partial charge on any atom is 0.260 e. The van der Waals surface area contributed by atoms with Crippen LogP contribution in [-0.2, 0) is 6.42 Å². The fraction of sp³-hybridized carbons (Fsp3) is 0.424. The minimum atomic E-state index is -0.282. The Morgan fingerprint density at radius 3 is 2.61 bits per heavy atom. The van der Waals surface area contributed by atoms with Gasteiger partial charge < -0.3 is 10.2 Å². The number of benzene rings is 1. The first-order valence-electron chi connectivity index (χ1n) is 14.4. The predicted molar refractivity (Wildman–Crippen MR) is 163 cm³/mol. The van der Waals surface area contributed by atoms with Crippen molar-refractivity contribution < 1.29 is 9.18 Å². The third-order valence-electron chi connectivity index (χ3n) is 8.81. The summed E-state index contributed by atoms with van der Waals surface area (Å²) in [5.74, 6) is -0.343. The molecule has 8 heteroatoms. The highest BCUT2D eigenvalue weighted by molar-refractivity contribution is 5.94. The molecule has 1 fully saturated rings. The van der Waals surface area contributed by atoms with Gasteiger partial charge in [-0.25, -0.2) is 4.39 Å². The molecule has 0 bridgehead atoms. The molecular formula is C33H40FN5O2. The van der Waals surface area contributed by atoms with E-state index in [2.05, 4.69) is 35.1 Å². The van der Waals surface area contributed by atoms with Gasteiger partial charge in [0.2, 0.25) is 0 Å². The molecule has 7 nitrogen and oxygen atoms in total. The Morgan fingerprint density at radius 2 is 1.93 bits per heavy atom. The maximum absolute atomic E-state index is 15.2. The minimum absolute atomic E-state index is 0.0159. The summed E-state index contributed by atoms with van der Waals surface area (Å²) >= 11 is 0. The molecule has 5 rings (SSSR count). The van der Waals surface area contributed by atoms with E-state index in [4.69, 9.17) is 0 Å². The molecule has 1 unspecified atom stereocenters. The number of amides is 1. The number of carbonyl (C=O) groups excluding carboxylic acids is 1. The zero-order valence-corrected chi connectivity index (χ0v) is 24.9. The fourth-order valence-electron chi connectivity index (χ4n) is 6.32. The van der Waals surface area contributed by atoms with Gasteiger partial charge >= 0.3 is 0 Å². The summed E-state index contributed by atoms with van der Waals surface area (Å²) in [5.41, 5.74) is 7.60. The molecule has 0 spiro atoms. The van der Waals surface area contributed by atoms with E-state index < -0.39 is 0 Å². The zero-order chi connectivity index (χ0) is 29.4. The minimum Gasteiger partial charge on any atom is -0.384 e. The summed E-state index contributed by atoms with van der Waals surface area (Å²) in [6.45, 7) is 10.7. The zero-order valence-electron chi connectivity index (χ0n) is 24.9. The number of piperidine rings is 1. The fourth-order valence-corrected chi connectivity index (χ4v) is 6.32. The summed E-state index contributed by atoms with van der Waals surface area (Å²) < 4.78 is 17.0. The van der Waals surface area contributed by atoms with Crippen molar-refractivity contribution in [3.8, 4) is 5.69 Å². The van der Waals surface area contributed by atoms with Crippen molar-refractivity contribution in [1.82, 2.24) is 19.4 Å². The van der Waals surface area contributed by atoms with Crippen LogP contribution in [0, 0.1) is 19.7 Å². The Kier molecular flexibility index (Phi) is 8.13. The van der Waals surface area contributed by atoms with E-state index in [1.54, 1.807) is 24.9 Å². The Balaban J connectivity index is 1.34. The van der Waals surface area contributed by atoms with Crippen molar-refractivity contribution in [1.29, 1.82) is 0 Å². The van der Waals surface area contributed by atoms with Gasteiger partial charge in [0.25, 0.3) is 11.5 Å². The van der Waals surface area contributed by atoms with Crippen LogP contribution < -0.4 is 10.9 Å². The van der Waals surface area contributed by atoms with Crippen LogP contribution in [0.1, 0.15) is 70.9 Å². The summed E-state index contributed by atoms with van der Waals surface area (Å²) in [5, 5.41) is 3.28. The van der Waals surface area contributed by atoms with Gasteiger partial charge in [0.1, 0.15) is 5.82 Å². The van der Waals surface area contributed by atoms with Gasteiger partial charge in [0.05, 0.1) is 5.69 Å². The molecule has 2 aliphatic rings. The molecular weight excluding hydrogens is 517 g/mol. The first-order chi connectivity index (χ1) is 19.6. The lowest BCUT2D eigenvalue weighted by Crippen LogP contribution is -2.40. The number of fused-ring (bicyclic) bond motifs is 1. The standard InChI is InChI=1S/C33H40FN5O2/c1-20(18-27-22(3)35-13-8-30(27)39-16-11-29-26(33(39)41)7-12-36-29)23(4)38-14-9-24(10-15-38)31-21(2)17-25(19-28(31)34)32(40)37(5)6/h8,11,13,16-19,23-24,36H,7,9-10,12,14-15H2,1-6H3/b20-18+. The van der Waals surface area contributed by atoms with Gasteiger partial charge in [-0.2, -0.15) is 0 Å². The number of nitrogens with one attached hydrogen (secondary N) is 1. The van der Waals surface area contributed by atoms with Crippen molar-refractivity contribution in [2.75, 3.05) is 39.0 Å². The Bertz CT molecular complexity index is 1540. The normalized spacial score (nSPS) is 16.8. The third-order valence-corrected chi connectivity index (χ3v) is 8.81. The number of halogens is 1. The third kappa shape index (κ3) is 5.58. The number of hydrogen-bond donors (Lipinski definition) is 1. The Labute approximate surface area is 241 Å². The number of likely N-dealkylation sites (tertiary alicyclic amines) is 1. The first kappa shape index (κ1) is 28.7. The molecule has 1 atom stereocenters. The largest absolute Gasteiger partial charge is 0.384 e. The van der Waals surface area contributed by atoms with Crippen LogP contribution >= 0.6 is 0 Å². The Hall–Kier alpha value is -3.78. The van der Waals surface area contributed by atoms with E-state index in [1.165, 1.54) is 16.5 Å². The van der Waals surface area contributed by atoms with E-state index in [0.717, 1.165) is 78.2 Å². The van der Waals surface area contributed by atoms with Gasteiger partial charge in [-0.15, -0.1) is 0 Å². The number of hydrogen-bond acceptors (Lipinski definition) is 5. The molecule has 1 amide bonds. The van der Waals surface area contributed by atoms with Gasteiger partial charge in [0.15, 0.2) is 0 Å². The van der Waals surface area contributed by atoms with Crippen molar-refractivity contribution in [2.24, 2.45) is 0 Å². The maximum atomic E-state index is 15.2. The second-order valence-electron chi connectivity index (χ2n) is 11.7. The quantitative estimate of drug-likeness (QED) is 0.444. The molecule has 1 aromatic carbocycles. The number of aryl methyl sites for hydroxylation is 2. The smallest absolute Gasteiger partial charge is 0.260 e. The summed E-state index contributed by atoms with van der Waals surface area (Å²) in [6, 6.07) is 7.27. The van der Waals surface area contributed by atoms with Crippen LogP contribution in [0.2, 0.25) is 0 Å². The van der Waals surface area contributed by atoms with Crippen LogP contribution in [-0.4, -0.2) is 65.0 Å². The summed E-state index contributed by atoms with van der Waals surface area (Å²) in [4.78, 5) is 34.1. The lowest BCUT2D eigenvalue weighted by Gasteiger charge is -2.37. The molecule has 216 valence electrons. The highest BCUT2D eigenvalue weighted by atomic mass is 19.1. The molecule has 2 aliphatic heterocycles. The first-order valence-corrected chi connectivity index (χ1v) is 14.4. The molecule has 1 saturated heterocycles. The average molecular weight is 558 g/mol. The van der Waals surface area contributed by atoms with E-state index >= 15 is 4.39 Å². The van der Waals surface area contributed by atoms with Crippen molar-refractivity contribution in [2.45, 2.75) is 58.9 Å². The van der Waals surface area contributed by atoms with Gasteiger partial charge in [0, 0.05) is 67.1 Å². The van der Waals surface area contributed by atoms with Crippen molar-refractivity contribution in [3.63, 3.8) is 0 Å². The van der Waals surface area contributed by atoms with E-state index in [0.29, 0.717) is 5.56 Å². The number of aromatic nitrogens is 2. The van der Waals surface area contributed by atoms with Gasteiger partial charge in [-0.1, -0.05) is 11.6 Å². The lowest BCUT2D eigenvalue weighted by atomic mass is 9.85. The number of nitrogens with zero attached hydrogens (tertiary/aromatic N) is 4. The molecule has 4 heterocycles. The van der Waals surface area contributed by atoms with Gasteiger partial charge in [-0.05, 0) is 101 Å². The van der Waals surface area contributed by atoms with Crippen LogP contribution in [0.25, 0.3) is 11.8 Å². The molecule has 3 aromatic rings. The number of carbonyl (C=O) groups is 1. The highest BCUT2D eigenvalue weighted by Crippen LogP contribution is 2.34. The van der Waals surface area contributed by atoms with Gasteiger partial charge in [-0.3, -0.25) is 24.0 Å². The number of anilines is 1. The van der Waals surface area contributed by atoms with Crippen LogP contribution in [0.5, 0.6) is 0 Å². The number of rotatable bonds is 6. The number of pyridine rings is 2. The van der Waals surface area contributed by atoms with Crippen LogP contribution in [0.3, 0.4) is 0 Å².